The predicted octanol–water partition coefficient (Wildman–Crippen LogP) is 4.26. The van der Waals surface area contributed by atoms with Gasteiger partial charge >= 0.3 is 0 Å². The Hall–Kier alpha value is -2.94. The topological polar surface area (TPSA) is 42.0 Å². The Morgan fingerprint density at radius 2 is 1.44 bits per heavy atom. The number of carbonyl (C=O) groups is 1. The van der Waals surface area contributed by atoms with Crippen molar-refractivity contribution in [2.75, 3.05) is 6.54 Å². The Balaban J connectivity index is 1.80. The molecule has 0 aliphatic heterocycles. The van der Waals surface area contributed by atoms with Crippen molar-refractivity contribution in [2.24, 2.45) is 0 Å². The molecule has 1 N–H and O–H groups in total. The fraction of sp³-hybridized carbons (Fsp3) is 0.182. The molecule has 2 aromatic carbocycles. The Bertz CT molecular complexity index is 805. The minimum Gasteiger partial charge on any atom is -0.351 e. The van der Waals surface area contributed by atoms with E-state index in [1.807, 2.05) is 62.4 Å². The highest BCUT2D eigenvalue weighted by atomic mass is 16.1. The molecule has 0 aliphatic rings. The number of carbonyl (C=O) groups excluding carboxylic acids is 1. The smallest absolute Gasteiger partial charge is 0.253 e. The van der Waals surface area contributed by atoms with Crippen molar-refractivity contribution in [3.05, 3.63) is 101 Å². The van der Waals surface area contributed by atoms with Crippen molar-refractivity contribution in [3.8, 4) is 0 Å². The lowest BCUT2D eigenvalue weighted by molar-refractivity contribution is 0.0951. The summed E-state index contributed by atoms with van der Waals surface area (Å²) in [5.41, 5.74) is 4.68. The molecule has 25 heavy (non-hydrogen) atoms. The number of nitrogens with one attached hydrogen (secondary N) is 1. The van der Waals surface area contributed by atoms with Gasteiger partial charge in [-0.05, 0) is 37.1 Å². The van der Waals surface area contributed by atoms with E-state index < -0.39 is 0 Å². The summed E-state index contributed by atoms with van der Waals surface area (Å²) in [4.78, 5) is 17.0. The molecular formula is C22H22N2O. The number of rotatable bonds is 5. The van der Waals surface area contributed by atoms with Crippen LogP contribution >= 0.6 is 0 Å². The zero-order valence-corrected chi connectivity index (χ0v) is 14.6. The molecule has 3 aromatic rings. The molecule has 0 saturated heterocycles. The zero-order valence-electron chi connectivity index (χ0n) is 14.6. The van der Waals surface area contributed by atoms with E-state index in [1.54, 1.807) is 0 Å². The van der Waals surface area contributed by atoms with Crippen molar-refractivity contribution in [1.29, 1.82) is 0 Å². The van der Waals surface area contributed by atoms with Crippen LogP contribution in [0.3, 0.4) is 0 Å². The van der Waals surface area contributed by atoms with E-state index in [2.05, 4.69) is 34.6 Å². The Morgan fingerprint density at radius 1 is 0.880 bits per heavy atom. The minimum atomic E-state index is -0.0816. The maximum atomic E-state index is 12.6. The second-order valence-electron chi connectivity index (χ2n) is 6.17. The molecule has 1 heterocycles. The molecule has 0 unspecified atom stereocenters. The van der Waals surface area contributed by atoms with Gasteiger partial charge in [-0.2, -0.15) is 0 Å². The van der Waals surface area contributed by atoms with Crippen LogP contribution in [0.5, 0.6) is 0 Å². The molecule has 3 rings (SSSR count). The summed E-state index contributed by atoms with van der Waals surface area (Å²) in [5.74, 6) is 0.0342. The first-order valence-corrected chi connectivity index (χ1v) is 8.47. The Kier molecular flexibility index (Phi) is 5.24. The van der Waals surface area contributed by atoms with Gasteiger partial charge in [-0.25, -0.2) is 0 Å². The van der Waals surface area contributed by atoms with Crippen LogP contribution in [0.25, 0.3) is 0 Å². The fourth-order valence-electron chi connectivity index (χ4n) is 3.02. The third kappa shape index (κ3) is 4.13. The lowest BCUT2D eigenvalue weighted by atomic mass is 9.91. The van der Waals surface area contributed by atoms with Gasteiger partial charge < -0.3 is 5.32 Å². The van der Waals surface area contributed by atoms with Gasteiger partial charge in [0.2, 0.25) is 0 Å². The maximum Gasteiger partial charge on any atom is 0.253 e. The van der Waals surface area contributed by atoms with E-state index in [9.17, 15) is 4.79 Å². The first-order valence-electron chi connectivity index (χ1n) is 8.47. The molecule has 0 fully saturated rings. The SMILES string of the molecule is Cc1ccc(C(=O)NCC(c2ccccc2)c2ccccc2)c(C)n1. The quantitative estimate of drug-likeness (QED) is 0.759. The summed E-state index contributed by atoms with van der Waals surface area (Å²) in [6, 6.07) is 24.2. The lowest BCUT2D eigenvalue weighted by Gasteiger charge is -2.19. The molecule has 0 aliphatic carbocycles. The summed E-state index contributed by atoms with van der Waals surface area (Å²) >= 11 is 0. The average Bonchev–Trinajstić information content (AvgIpc) is 2.63. The van der Waals surface area contributed by atoms with Crippen molar-refractivity contribution in [2.45, 2.75) is 19.8 Å². The molecular weight excluding hydrogens is 308 g/mol. The largest absolute Gasteiger partial charge is 0.351 e. The Morgan fingerprint density at radius 3 is 1.96 bits per heavy atom. The van der Waals surface area contributed by atoms with Crippen LogP contribution in [-0.2, 0) is 0 Å². The van der Waals surface area contributed by atoms with E-state index in [-0.39, 0.29) is 11.8 Å². The van der Waals surface area contributed by atoms with E-state index >= 15 is 0 Å². The molecule has 126 valence electrons. The normalized spacial score (nSPS) is 10.7. The molecule has 0 spiro atoms. The number of hydrogen-bond donors (Lipinski definition) is 1. The minimum absolute atomic E-state index is 0.0816. The average molecular weight is 330 g/mol. The number of hydrogen-bond acceptors (Lipinski definition) is 2. The predicted molar refractivity (Wildman–Crippen MR) is 101 cm³/mol. The number of pyridine rings is 1. The number of aryl methyl sites for hydroxylation is 2. The molecule has 0 bridgehead atoms. The highest BCUT2D eigenvalue weighted by Gasteiger charge is 2.16. The van der Waals surface area contributed by atoms with Gasteiger partial charge in [-0.15, -0.1) is 0 Å². The van der Waals surface area contributed by atoms with Crippen LogP contribution in [0.1, 0.15) is 38.8 Å². The van der Waals surface area contributed by atoms with Crippen LogP contribution in [0.4, 0.5) is 0 Å². The van der Waals surface area contributed by atoms with Gasteiger partial charge in [0.05, 0.1) is 11.3 Å². The lowest BCUT2D eigenvalue weighted by Crippen LogP contribution is -2.29. The highest BCUT2D eigenvalue weighted by Crippen LogP contribution is 2.23. The maximum absolute atomic E-state index is 12.6. The third-order valence-corrected chi connectivity index (χ3v) is 4.34. The summed E-state index contributed by atoms with van der Waals surface area (Å²) in [6.07, 6.45) is 0. The molecule has 3 heteroatoms. The van der Waals surface area contributed by atoms with Gasteiger partial charge in [0, 0.05) is 18.2 Å². The van der Waals surface area contributed by atoms with Gasteiger partial charge in [0.15, 0.2) is 0 Å². The van der Waals surface area contributed by atoms with E-state index in [4.69, 9.17) is 0 Å². The van der Waals surface area contributed by atoms with Gasteiger partial charge in [-0.3, -0.25) is 9.78 Å². The van der Waals surface area contributed by atoms with Crippen molar-refractivity contribution in [3.63, 3.8) is 0 Å². The monoisotopic (exact) mass is 330 g/mol. The fourth-order valence-corrected chi connectivity index (χ4v) is 3.02. The molecule has 0 saturated carbocycles. The second kappa shape index (κ2) is 7.75. The second-order valence-corrected chi connectivity index (χ2v) is 6.17. The first kappa shape index (κ1) is 16.9. The molecule has 1 amide bonds. The summed E-state index contributed by atoms with van der Waals surface area (Å²) in [7, 11) is 0. The summed E-state index contributed by atoms with van der Waals surface area (Å²) in [5, 5.41) is 3.08. The molecule has 1 aromatic heterocycles. The van der Waals surface area contributed by atoms with Crippen LogP contribution in [0, 0.1) is 13.8 Å². The van der Waals surface area contributed by atoms with Gasteiger partial charge in [-0.1, -0.05) is 60.7 Å². The van der Waals surface area contributed by atoms with E-state index in [0.717, 1.165) is 11.4 Å². The van der Waals surface area contributed by atoms with E-state index in [0.29, 0.717) is 12.1 Å². The molecule has 0 radical (unpaired) electrons. The number of benzene rings is 2. The molecule has 0 atom stereocenters. The van der Waals surface area contributed by atoms with Crippen molar-refractivity contribution in [1.82, 2.24) is 10.3 Å². The van der Waals surface area contributed by atoms with Crippen molar-refractivity contribution < 1.29 is 4.79 Å². The van der Waals surface area contributed by atoms with Gasteiger partial charge in [0.25, 0.3) is 5.91 Å². The van der Waals surface area contributed by atoms with Crippen LogP contribution in [-0.4, -0.2) is 17.4 Å². The highest BCUT2D eigenvalue weighted by molar-refractivity contribution is 5.95. The van der Waals surface area contributed by atoms with Crippen LogP contribution < -0.4 is 5.32 Å². The first-order chi connectivity index (χ1) is 12.1. The number of aromatic nitrogens is 1. The zero-order chi connectivity index (χ0) is 17.6. The Labute approximate surface area is 148 Å². The summed E-state index contributed by atoms with van der Waals surface area (Å²) in [6.45, 7) is 4.34. The third-order valence-electron chi connectivity index (χ3n) is 4.34. The molecule has 3 nitrogen and oxygen atoms in total. The van der Waals surface area contributed by atoms with E-state index in [1.165, 1.54) is 11.1 Å². The number of amides is 1. The van der Waals surface area contributed by atoms with Gasteiger partial charge in [0.1, 0.15) is 0 Å². The number of nitrogens with zero attached hydrogens (tertiary/aromatic N) is 1. The van der Waals surface area contributed by atoms with Crippen LogP contribution in [0.2, 0.25) is 0 Å². The van der Waals surface area contributed by atoms with Crippen molar-refractivity contribution >= 4 is 5.91 Å². The standard InChI is InChI=1S/C22H22N2O/c1-16-13-14-20(17(2)24-16)22(25)23-15-21(18-9-5-3-6-10-18)19-11-7-4-8-12-19/h3-14,21H,15H2,1-2H3,(H,23,25). The van der Waals surface area contributed by atoms with Crippen LogP contribution in [0.15, 0.2) is 72.8 Å². The summed E-state index contributed by atoms with van der Waals surface area (Å²) < 4.78 is 0.